The number of hydrogen-bond donors (Lipinski definition) is 0. The van der Waals surface area contributed by atoms with Crippen LogP contribution in [0.4, 0.5) is 0 Å². The molecule has 0 spiro atoms. The molecule has 0 bridgehead atoms. The van der Waals surface area contributed by atoms with E-state index in [4.69, 9.17) is 25.7 Å². The third-order valence-electron chi connectivity index (χ3n) is 6.13. The van der Waals surface area contributed by atoms with Crippen molar-refractivity contribution in [3.8, 4) is 11.3 Å². The fourth-order valence-electron chi connectivity index (χ4n) is 4.47. The number of furan rings is 1. The predicted molar refractivity (Wildman–Crippen MR) is 146 cm³/mol. The zero-order valence-corrected chi connectivity index (χ0v) is 21.3. The summed E-state index contributed by atoms with van der Waals surface area (Å²) in [5, 5.41) is 1.59. The van der Waals surface area contributed by atoms with Gasteiger partial charge in [-0.3, -0.25) is 4.98 Å². The molecule has 0 aliphatic carbocycles. The summed E-state index contributed by atoms with van der Waals surface area (Å²) < 4.78 is 54.3. The predicted octanol–water partition coefficient (Wildman–Crippen LogP) is 8.53. The van der Waals surface area contributed by atoms with Crippen molar-refractivity contribution >= 4 is 44.1 Å². The van der Waals surface area contributed by atoms with E-state index in [1.54, 1.807) is 26.8 Å². The maximum Gasteiger partial charge on any atom is 0.200 e. The molecule has 0 amide bonds. The van der Waals surface area contributed by atoms with Crippen LogP contribution in [0.2, 0.25) is 0 Å². The molecule has 36 heavy (non-hydrogen) atoms. The smallest absolute Gasteiger partial charge is 0.200 e. The lowest BCUT2D eigenvalue weighted by molar-refractivity contribution is 0.410. The number of rotatable bonds is 2. The Morgan fingerprint density at radius 2 is 1.69 bits per heavy atom. The lowest BCUT2D eigenvalue weighted by Crippen LogP contribution is -2.10. The van der Waals surface area contributed by atoms with Gasteiger partial charge in [-0.15, -0.1) is 0 Å². The van der Waals surface area contributed by atoms with Gasteiger partial charge < -0.3 is 8.83 Å². The quantitative estimate of drug-likeness (QED) is 0.247. The number of aromatic nitrogens is 3. The first-order chi connectivity index (χ1) is 19.0. The van der Waals surface area contributed by atoms with Crippen LogP contribution in [0, 0.1) is 12.3 Å². The molecule has 0 unspecified atom stereocenters. The van der Waals surface area contributed by atoms with E-state index < -0.39 is 18.6 Å². The minimum atomic E-state index is -2.52. The van der Waals surface area contributed by atoms with Crippen LogP contribution in [0.3, 0.4) is 0 Å². The standard InChI is InChI=1S/C31H31N3O2/c1-17-16-32-23(13-18(17)15-30(2,3)4)19-9-8-10-20-26-25(35-28(19)20)14-21-22(33-26)11-12-24-27(21)34-29(36-24)31(5,6)7/h8-14,16H,15H2,1-7H3/i1D3,15D2. The molecular formula is C31H31N3O2. The third kappa shape index (κ3) is 3.74. The zero-order valence-electron chi connectivity index (χ0n) is 26.3. The Balaban J connectivity index is 1.59. The van der Waals surface area contributed by atoms with Gasteiger partial charge in [0, 0.05) is 34.8 Å². The number of oxazole rings is 1. The summed E-state index contributed by atoms with van der Waals surface area (Å²) in [6, 6.07) is 12.9. The highest BCUT2D eigenvalue weighted by molar-refractivity contribution is 6.13. The SMILES string of the molecule is [2H]C([2H])([2H])c1cnc(-c2cccc3c2oc2cc4c(ccc5oc(C(C)(C)C)nc54)nc23)cc1C([2H])([2H])C(C)(C)C. The van der Waals surface area contributed by atoms with E-state index in [1.165, 1.54) is 6.20 Å². The normalized spacial score (nSPS) is 15.8. The molecule has 2 aromatic carbocycles. The largest absolute Gasteiger partial charge is 0.454 e. The number of para-hydroxylation sites is 1. The molecule has 0 aliphatic rings. The van der Waals surface area contributed by atoms with Crippen molar-refractivity contribution in [2.24, 2.45) is 5.41 Å². The molecule has 6 aromatic rings. The van der Waals surface area contributed by atoms with Crippen LogP contribution >= 0.6 is 0 Å². The average Bonchev–Trinajstić information content (AvgIpc) is 3.47. The highest BCUT2D eigenvalue weighted by Crippen LogP contribution is 2.38. The summed E-state index contributed by atoms with van der Waals surface area (Å²) in [6.07, 6.45) is -0.673. The minimum Gasteiger partial charge on any atom is -0.454 e. The molecular weight excluding hydrogens is 446 g/mol. The fraction of sp³-hybridized carbons (Fsp3) is 0.323. The Morgan fingerprint density at radius 3 is 2.44 bits per heavy atom. The molecule has 0 N–H and O–H groups in total. The summed E-state index contributed by atoms with van der Waals surface area (Å²) >= 11 is 0. The van der Waals surface area contributed by atoms with Crippen LogP contribution in [-0.4, -0.2) is 15.0 Å². The van der Waals surface area contributed by atoms with Crippen LogP contribution in [0.15, 0.2) is 57.5 Å². The number of nitrogens with zero attached hydrogens (tertiary/aromatic N) is 3. The number of aryl methyl sites for hydroxylation is 1. The van der Waals surface area contributed by atoms with Gasteiger partial charge in [-0.05, 0) is 66.2 Å². The highest BCUT2D eigenvalue weighted by Gasteiger charge is 2.23. The van der Waals surface area contributed by atoms with Crippen molar-refractivity contribution in [1.82, 2.24) is 15.0 Å². The van der Waals surface area contributed by atoms with Crippen molar-refractivity contribution < 1.29 is 15.7 Å². The molecule has 0 saturated heterocycles. The second kappa shape index (κ2) is 7.63. The van der Waals surface area contributed by atoms with E-state index in [0.717, 1.165) is 21.8 Å². The molecule has 4 heterocycles. The molecule has 5 nitrogen and oxygen atoms in total. The van der Waals surface area contributed by atoms with Gasteiger partial charge in [-0.25, -0.2) is 9.97 Å². The Hall–Kier alpha value is -3.73. The van der Waals surface area contributed by atoms with Gasteiger partial charge in [0.1, 0.15) is 16.6 Å². The molecule has 0 atom stereocenters. The van der Waals surface area contributed by atoms with Gasteiger partial charge in [0.2, 0.25) is 5.89 Å². The highest BCUT2D eigenvalue weighted by atomic mass is 16.3. The zero-order chi connectivity index (χ0) is 29.7. The summed E-state index contributed by atoms with van der Waals surface area (Å²) in [5.74, 6) is 0.643. The number of hydrogen-bond acceptors (Lipinski definition) is 5. The van der Waals surface area contributed by atoms with Crippen LogP contribution in [0.1, 0.15) is 65.4 Å². The van der Waals surface area contributed by atoms with Crippen molar-refractivity contribution in [3.05, 3.63) is 65.7 Å². The molecule has 4 aromatic heterocycles. The third-order valence-corrected chi connectivity index (χ3v) is 6.13. The second-order valence-corrected chi connectivity index (χ2v) is 11.4. The first kappa shape index (κ1) is 17.7. The Morgan fingerprint density at radius 1 is 0.889 bits per heavy atom. The number of fused-ring (bicyclic) bond motifs is 6. The van der Waals surface area contributed by atoms with E-state index in [9.17, 15) is 0 Å². The monoisotopic (exact) mass is 482 g/mol. The van der Waals surface area contributed by atoms with Crippen LogP contribution in [0.25, 0.3) is 55.3 Å². The van der Waals surface area contributed by atoms with Gasteiger partial charge in [-0.1, -0.05) is 47.6 Å². The lowest BCUT2D eigenvalue weighted by atomic mass is 9.86. The number of benzene rings is 2. The minimum absolute atomic E-state index is 0.0926. The maximum absolute atomic E-state index is 8.88. The van der Waals surface area contributed by atoms with Crippen LogP contribution < -0.4 is 0 Å². The number of pyridine rings is 2. The van der Waals surface area contributed by atoms with Crippen molar-refractivity contribution in [2.75, 3.05) is 0 Å². The van der Waals surface area contributed by atoms with E-state index in [2.05, 4.69) is 4.98 Å². The Bertz CT molecular complexity index is 1990. The first-order valence-corrected chi connectivity index (χ1v) is 12.0. The fourth-order valence-corrected chi connectivity index (χ4v) is 4.47. The Labute approximate surface area is 217 Å². The molecule has 6 rings (SSSR count). The van der Waals surface area contributed by atoms with Crippen molar-refractivity contribution in [2.45, 2.75) is 60.2 Å². The lowest BCUT2D eigenvalue weighted by Gasteiger charge is -2.20. The second-order valence-electron chi connectivity index (χ2n) is 11.4. The van der Waals surface area contributed by atoms with Crippen molar-refractivity contribution in [1.29, 1.82) is 0 Å². The molecule has 0 saturated carbocycles. The Kier molecular flexibility index (Phi) is 3.74. The summed E-state index contributed by atoms with van der Waals surface area (Å²) in [7, 11) is 0. The average molecular weight is 483 g/mol. The van der Waals surface area contributed by atoms with Gasteiger partial charge >= 0.3 is 0 Å². The van der Waals surface area contributed by atoms with Gasteiger partial charge in [0.05, 0.1) is 11.2 Å². The summed E-state index contributed by atoms with van der Waals surface area (Å²) in [4.78, 5) is 14.2. The van der Waals surface area contributed by atoms with Crippen molar-refractivity contribution in [3.63, 3.8) is 0 Å². The summed E-state index contributed by atoms with van der Waals surface area (Å²) in [6.45, 7) is 8.89. The van der Waals surface area contributed by atoms with E-state index in [0.29, 0.717) is 39.4 Å². The van der Waals surface area contributed by atoms with Gasteiger partial charge in [0.15, 0.2) is 11.2 Å². The molecule has 0 fully saturated rings. The molecule has 0 radical (unpaired) electrons. The maximum atomic E-state index is 8.88. The van der Waals surface area contributed by atoms with E-state index >= 15 is 0 Å². The van der Waals surface area contributed by atoms with E-state index in [1.807, 2.05) is 57.2 Å². The van der Waals surface area contributed by atoms with Crippen LogP contribution in [-0.2, 0) is 11.8 Å². The molecule has 0 aliphatic heterocycles. The van der Waals surface area contributed by atoms with E-state index in [-0.39, 0.29) is 16.5 Å². The first-order valence-electron chi connectivity index (χ1n) is 14.5. The topological polar surface area (TPSA) is 65.0 Å². The molecule has 5 heteroatoms. The summed E-state index contributed by atoms with van der Waals surface area (Å²) in [5.41, 5.74) is 3.86. The van der Waals surface area contributed by atoms with Crippen LogP contribution in [0.5, 0.6) is 0 Å². The molecule has 182 valence electrons. The van der Waals surface area contributed by atoms with Gasteiger partial charge in [0.25, 0.3) is 0 Å². The van der Waals surface area contributed by atoms with Gasteiger partial charge in [-0.2, -0.15) is 0 Å².